The minimum absolute atomic E-state index is 0.279. The van der Waals surface area contributed by atoms with E-state index in [1.165, 1.54) is 0 Å². The molecule has 0 N–H and O–H groups in total. The molecular formula is C13H20BrN3O. The fourth-order valence-electron chi connectivity index (χ4n) is 2.02. The maximum absolute atomic E-state index is 12.2. The molecule has 0 saturated heterocycles. The Morgan fingerprint density at radius 2 is 2.33 bits per heavy atom. The molecule has 0 unspecified atom stereocenters. The van der Waals surface area contributed by atoms with Crippen LogP contribution in [0.25, 0.3) is 0 Å². The van der Waals surface area contributed by atoms with Crippen LogP contribution >= 0.6 is 15.9 Å². The van der Waals surface area contributed by atoms with Gasteiger partial charge in [0.15, 0.2) is 0 Å². The van der Waals surface area contributed by atoms with Crippen molar-refractivity contribution in [3.05, 3.63) is 18.2 Å². The SMILES string of the molecule is Cn1ccnc1CN(C(=O)CCCCBr)C1CC1. The van der Waals surface area contributed by atoms with Gasteiger partial charge in [-0.15, -0.1) is 0 Å². The van der Waals surface area contributed by atoms with Gasteiger partial charge in [0.2, 0.25) is 5.91 Å². The van der Waals surface area contributed by atoms with Crippen LogP contribution in [0.15, 0.2) is 12.4 Å². The van der Waals surface area contributed by atoms with E-state index in [2.05, 4.69) is 20.9 Å². The Kier molecular flexibility index (Phi) is 4.80. The lowest BCUT2D eigenvalue weighted by Gasteiger charge is -2.22. The number of aryl methyl sites for hydroxylation is 1. The van der Waals surface area contributed by atoms with Gasteiger partial charge in [-0.2, -0.15) is 0 Å². The lowest BCUT2D eigenvalue weighted by molar-refractivity contribution is -0.132. The molecule has 4 nitrogen and oxygen atoms in total. The van der Waals surface area contributed by atoms with Gasteiger partial charge in [0.25, 0.3) is 0 Å². The van der Waals surface area contributed by atoms with Gasteiger partial charge in [0.05, 0.1) is 6.54 Å². The van der Waals surface area contributed by atoms with E-state index in [0.717, 1.165) is 36.8 Å². The van der Waals surface area contributed by atoms with Crippen LogP contribution in [0, 0.1) is 0 Å². The van der Waals surface area contributed by atoms with Crippen molar-refractivity contribution >= 4 is 21.8 Å². The smallest absolute Gasteiger partial charge is 0.223 e. The minimum atomic E-state index is 0.279. The molecule has 1 aliphatic carbocycles. The number of halogens is 1. The van der Waals surface area contributed by atoms with Gasteiger partial charge in [0.1, 0.15) is 5.82 Å². The second kappa shape index (κ2) is 6.36. The van der Waals surface area contributed by atoms with Gasteiger partial charge in [-0.25, -0.2) is 4.98 Å². The highest BCUT2D eigenvalue weighted by Gasteiger charge is 2.32. The van der Waals surface area contributed by atoms with E-state index in [9.17, 15) is 4.79 Å². The van der Waals surface area contributed by atoms with E-state index >= 15 is 0 Å². The molecule has 1 heterocycles. The number of hydrogen-bond acceptors (Lipinski definition) is 2. The van der Waals surface area contributed by atoms with E-state index < -0.39 is 0 Å². The number of amides is 1. The first kappa shape index (κ1) is 13.6. The highest BCUT2D eigenvalue weighted by Crippen LogP contribution is 2.29. The Balaban J connectivity index is 1.91. The van der Waals surface area contributed by atoms with Crippen molar-refractivity contribution in [2.75, 3.05) is 5.33 Å². The van der Waals surface area contributed by atoms with Crippen LogP contribution in [0.4, 0.5) is 0 Å². The van der Waals surface area contributed by atoms with Crippen LogP contribution in [0.1, 0.15) is 37.9 Å². The largest absolute Gasteiger partial charge is 0.337 e. The van der Waals surface area contributed by atoms with Gasteiger partial charge in [-0.3, -0.25) is 4.79 Å². The fourth-order valence-corrected chi connectivity index (χ4v) is 2.42. The summed E-state index contributed by atoms with van der Waals surface area (Å²) in [5, 5.41) is 0.975. The predicted octanol–water partition coefficient (Wildman–Crippen LogP) is 2.48. The maximum atomic E-state index is 12.2. The summed E-state index contributed by atoms with van der Waals surface area (Å²) >= 11 is 3.40. The molecule has 1 fully saturated rings. The summed E-state index contributed by atoms with van der Waals surface area (Å²) in [7, 11) is 1.97. The van der Waals surface area contributed by atoms with Gasteiger partial charge < -0.3 is 9.47 Å². The number of nitrogens with zero attached hydrogens (tertiary/aromatic N) is 3. The molecule has 0 bridgehead atoms. The number of carbonyl (C=O) groups excluding carboxylic acids is 1. The van der Waals surface area contributed by atoms with Gasteiger partial charge in [-0.1, -0.05) is 15.9 Å². The molecule has 2 rings (SSSR count). The molecule has 1 amide bonds. The number of imidazole rings is 1. The molecule has 100 valence electrons. The van der Waals surface area contributed by atoms with Gasteiger partial charge in [0, 0.05) is 37.2 Å². The Morgan fingerprint density at radius 3 is 2.89 bits per heavy atom. The van der Waals surface area contributed by atoms with Crippen molar-refractivity contribution in [2.24, 2.45) is 7.05 Å². The molecule has 1 aromatic rings. The molecule has 0 aromatic carbocycles. The molecule has 0 atom stereocenters. The zero-order chi connectivity index (χ0) is 13.0. The highest BCUT2D eigenvalue weighted by molar-refractivity contribution is 9.09. The maximum Gasteiger partial charge on any atom is 0.223 e. The second-order valence-corrected chi connectivity index (χ2v) is 5.65. The number of unbranched alkanes of at least 4 members (excludes halogenated alkanes) is 1. The summed E-state index contributed by atoms with van der Waals surface area (Å²) in [6.45, 7) is 0.654. The number of aromatic nitrogens is 2. The summed E-state index contributed by atoms with van der Waals surface area (Å²) in [5.74, 6) is 1.25. The van der Waals surface area contributed by atoms with Crippen LogP contribution in [0.3, 0.4) is 0 Å². The number of rotatable bonds is 7. The normalized spacial score (nSPS) is 14.8. The van der Waals surface area contributed by atoms with Crippen LogP contribution in [0.2, 0.25) is 0 Å². The molecule has 0 radical (unpaired) electrons. The van der Waals surface area contributed by atoms with E-state index in [-0.39, 0.29) is 5.91 Å². The number of hydrogen-bond donors (Lipinski definition) is 0. The molecule has 1 saturated carbocycles. The van der Waals surface area contributed by atoms with Crippen LogP contribution in [0.5, 0.6) is 0 Å². The van der Waals surface area contributed by atoms with Gasteiger partial charge >= 0.3 is 0 Å². The zero-order valence-electron chi connectivity index (χ0n) is 10.8. The molecular weight excluding hydrogens is 294 g/mol. The average Bonchev–Trinajstić information content (AvgIpc) is 3.11. The fraction of sp³-hybridized carbons (Fsp3) is 0.692. The molecule has 0 aliphatic heterocycles. The zero-order valence-corrected chi connectivity index (χ0v) is 12.4. The Labute approximate surface area is 117 Å². The first-order valence-corrected chi connectivity index (χ1v) is 7.66. The number of carbonyl (C=O) groups is 1. The van der Waals surface area contributed by atoms with E-state index in [1.807, 2.05) is 22.7 Å². The van der Waals surface area contributed by atoms with E-state index in [0.29, 0.717) is 19.0 Å². The van der Waals surface area contributed by atoms with Crippen molar-refractivity contribution < 1.29 is 4.79 Å². The van der Waals surface area contributed by atoms with Crippen LogP contribution in [-0.4, -0.2) is 31.7 Å². The number of alkyl halides is 1. The lowest BCUT2D eigenvalue weighted by atomic mass is 10.2. The van der Waals surface area contributed by atoms with Gasteiger partial charge in [-0.05, 0) is 25.7 Å². The topological polar surface area (TPSA) is 38.1 Å². The Hall–Kier alpha value is -0.840. The minimum Gasteiger partial charge on any atom is -0.337 e. The van der Waals surface area contributed by atoms with Crippen molar-refractivity contribution in [2.45, 2.75) is 44.7 Å². The Bertz CT molecular complexity index is 401. The molecule has 1 aromatic heterocycles. The third kappa shape index (κ3) is 3.57. The van der Waals surface area contributed by atoms with Crippen molar-refractivity contribution in [3.63, 3.8) is 0 Å². The van der Waals surface area contributed by atoms with E-state index in [4.69, 9.17) is 0 Å². The summed E-state index contributed by atoms with van der Waals surface area (Å²) in [5.41, 5.74) is 0. The second-order valence-electron chi connectivity index (χ2n) is 4.85. The third-order valence-electron chi connectivity index (χ3n) is 3.31. The highest BCUT2D eigenvalue weighted by atomic mass is 79.9. The van der Waals surface area contributed by atoms with Crippen LogP contribution < -0.4 is 0 Å². The van der Waals surface area contributed by atoms with Crippen molar-refractivity contribution in [1.82, 2.24) is 14.5 Å². The van der Waals surface area contributed by atoms with Crippen molar-refractivity contribution in [1.29, 1.82) is 0 Å². The van der Waals surface area contributed by atoms with Crippen molar-refractivity contribution in [3.8, 4) is 0 Å². The summed E-state index contributed by atoms with van der Waals surface area (Å²) in [6, 6.07) is 0.457. The van der Waals surface area contributed by atoms with E-state index in [1.54, 1.807) is 6.20 Å². The molecule has 1 aliphatic rings. The standard InChI is InChI=1S/C13H20BrN3O/c1-16-9-8-15-12(16)10-17(11-5-6-11)13(18)4-2-3-7-14/h8-9,11H,2-7,10H2,1H3. The lowest BCUT2D eigenvalue weighted by Crippen LogP contribution is -2.33. The summed E-state index contributed by atoms with van der Waals surface area (Å²) in [6.07, 6.45) is 8.70. The molecule has 5 heteroatoms. The van der Waals surface area contributed by atoms with Crippen LogP contribution in [-0.2, 0) is 18.4 Å². The summed E-state index contributed by atoms with van der Waals surface area (Å²) < 4.78 is 1.99. The monoisotopic (exact) mass is 313 g/mol. The average molecular weight is 314 g/mol. The predicted molar refractivity (Wildman–Crippen MR) is 74.4 cm³/mol. The molecule has 18 heavy (non-hydrogen) atoms. The first-order chi connectivity index (χ1) is 8.72. The third-order valence-corrected chi connectivity index (χ3v) is 3.88. The molecule has 0 spiro atoms. The first-order valence-electron chi connectivity index (χ1n) is 6.54. The Morgan fingerprint density at radius 1 is 1.56 bits per heavy atom. The summed E-state index contributed by atoms with van der Waals surface area (Å²) in [4.78, 5) is 18.5. The quantitative estimate of drug-likeness (QED) is 0.573.